The van der Waals surface area contributed by atoms with Gasteiger partial charge in [0.15, 0.2) is 17.3 Å². The number of fused-ring (bicyclic) bond motifs is 3. The molecule has 2 aromatic rings. The van der Waals surface area contributed by atoms with Gasteiger partial charge in [-0.1, -0.05) is 6.07 Å². The van der Waals surface area contributed by atoms with Crippen LogP contribution in [0.5, 0.6) is 5.75 Å². The minimum atomic E-state index is -0.497. The summed E-state index contributed by atoms with van der Waals surface area (Å²) in [6.45, 7) is 3.14. The zero-order valence-electron chi connectivity index (χ0n) is 14.1. The summed E-state index contributed by atoms with van der Waals surface area (Å²) in [5.41, 5.74) is 0.279. The smallest absolute Gasteiger partial charge is 0.287 e. The molecule has 5 nitrogen and oxygen atoms in total. The van der Waals surface area contributed by atoms with Crippen LogP contribution in [-0.4, -0.2) is 43.6 Å². The zero-order valence-corrected chi connectivity index (χ0v) is 14.1. The number of carbonyl (C=O) groups excluding carboxylic acids is 1. The molecular weight excluding hydrogens is 323 g/mol. The first-order valence-corrected chi connectivity index (χ1v) is 8.61. The molecule has 6 heteroatoms. The highest BCUT2D eigenvalue weighted by Crippen LogP contribution is 2.31. The van der Waals surface area contributed by atoms with E-state index in [1.54, 1.807) is 30.3 Å². The molecule has 132 valence electrons. The Balaban J connectivity index is 1.50. The quantitative estimate of drug-likeness (QED) is 0.927. The molecule has 1 N–H and O–H groups in total. The Hall–Kier alpha value is -2.34. The molecular formula is C19H21FN2O3. The molecule has 1 amide bonds. The van der Waals surface area contributed by atoms with Crippen molar-refractivity contribution in [2.45, 2.75) is 18.9 Å². The first kappa shape index (κ1) is 16.1. The first-order chi connectivity index (χ1) is 12.2. The van der Waals surface area contributed by atoms with Crippen molar-refractivity contribution < 1.29 is 18.3 Å². The number of methoxy groups -OCH3 is 1. The maximum absolute atomic E-state index is 14.4. The van der Waals surface area contributed by atoms with Crippen molar-refractivity contribution >= 4 is 5.91 Å². The number of benzene rings is 1. The lowest BCUT2D eigenvalue weighted by molar-refractivity contribution is 0.0606. The average molecular weight is 344 g/mol. The minimum Gasteiger partial charge on any atom is -0.494 e. The number of piperidine rings is 3. The van der Waals surface area contributed by atoms with Gasteiger partial charge in [-0.3, -0.25) is 4.79 Å². The molecule has 3 aliphatic heterocycles. The highest BCUT2D eigenvalue weighted by atomic mass is 19.1. The predicted octanol–water partition coefficient (Wildman–Crippen LogP) is 2.92. The van der Waals surface area contributed by atoms with E-state index in [-0.39, 0.29) is 29.0 Å². The molecule has 2 bridgehead atoms. The lowest BCUT2D eigenvalue weighted by Gasteiger charge is -2.44. The van der Waals surface area contributed by atoms with Crippen molar-refractivity contribution in [3.8, 4) is 17.1 Å². The van der Waals surface area contributed by atoms with Gasteiger partial charge in [0, 0.05) is 12.6 Å². The molecule has 1 aromatic carbocycles. The van der Waals surface area contributed by atoms with Crippen LogP contribution in [0.1, 0.15) is 23.4 Å². The Morgan fingerprint density at radius 1 is 1.28 bits per heavy atom. The summed E-state index contributed by atoms with van der Waals surface area (Å²) in [4.78, 5) is 14.9. The summed E-state index contributed by atoms with van der Waals surface area (Å²) in [7, 11) is 1.41. The van der Waals surface area contributed by atoms with Crippen LogP contribution in [0.25, 0.3) is 11.3 Å². The number of nitrogens with one attached hydrogen (secondary N) is 1. The fraction of sp³-hybridized carbons (Fsp3) is 0.421. The highest BCUT2D eigenvalue weighted by Gasteiger charge is 2.35. The summed E-state index contributed by atoms with van der Waals surface area (Å²) >= 11 is 0. The maximum atomic E-state index is 14.4. The van der Waals surface area contributed by atoms with E-state index in [4.69, 9.17) is 9.15 Å². The topological polar surface area (TPSA) is 54.7 Å². The van der Waals surface area contributed by atoms with Crippen molar-refractivity contribution in [2.24, 2.45) is 5.92 Å². The van der Waals surface area contributed by atoms with Gasteiger partial charge in [0.2, 0.25) is 0 Å². The Morgan fingerprint density at radius 3 is 2.76 bits per heavy atom. The van der Waals surface area contributed by atoms with Gasteiger partial charge >= 0.3 is 0 Å². The van der Waals surface area contributed by atoms with Gasteiger partial charge in [0.1, 0.15) is 5.76 Å². The lowest BCUT2D eigenvalue weighted by atomic mass is 9.84. The number of rotatable bonds is 4. The van der Waals surface area contributed by atoms with E-state index in [2.05, 4.69) is 10.2 Å². The number of amides is 1. The van der Waals surface area contributed by atoms with Crippen molar-refractivity contribution in [1.82, 2.24) is 10.2 Å². The van der Waals surface area contributed by atoms with E-state index >= 15 is 0 Å². The highest BCUT2D eigenvalue weighted by molar-refractivity contribution is 5.92. The Morgan fingerprint density at radius 2 is 2.08 bits per heavy atom. The zero-order chi connectivity index (χ0) is 17.4. The van der Waals surface area contributed by atoms with Crippen molar-refractivity contribution in [3.63, 3.8) is 0 Å². The number of halogens is 1. The van der Waals surface area contributed by atoms with Crippen LogP contribution in [0.3, 0.4) is 0 Å². The van der Waals surface area contributed by atoms with Gasteiger partial charge < -0.3 is 19.4 Å². The van der Waals surface area contributed by atoms with Gasteiger partial charge in [-0.25, -0.2) is 4.39 Å². The van der Waals surface area contributed by atoms with Crippen LogP contribution in [-0.2, 0) is 0 Å². The molecule has 4 heterocycles. The third kappa shape index (κ3) is 3.02. The van der Waals surface area contributed by atoms with Crippen LogP contribution in [0.2, 0.25) is 0 Å². The average Bonchev–Trinajstić information content (AvgIpc) is 3.13. The number of hydrogen-bond acceptors (Lipinski definition) is 4. The summed E-state index contributed by atoms with van der Waals surface area (Å²) in [6, 6.07) is 8.20. The summed E-state index contributed by atoms with van der Waals surface area (Å²) in [5, 5.41) is 3.08. The molecule has 25 heavy (non-hydrogen) atoms. The van der Waals surface area contributed by atoms with Crippen LogP contribution < -0.4 is 10.1 Å². The van der Waals surface area contributed by atoms with E-state index in [1.165, 1.54) is 7.11 Å². The molecule has 1 atom stereocenters. The van der Waals surface area contributed by atoms with Crippen LogP contribution in [0, 0.1) is 11.7 Å². The molecule has 0 saturated carbocycles. The fourth-order valence-electron chi connectivity index (χ4n) is 3.83. The molecule has 0 aliphatic carbocycles. The third-order valence-electron chi connectivity index (χ3n) is 5.25. The van der Waals surface area contributed by atoms with Gasteiger partial charge in [-0.05, 0) is 56.1 Å². The van der Waals surface area contributed by atoms with Crippen molar-refractivity contribution in [3.05, 3.63) is 41.9 Å². The summed E-state index contributed by atoms with van der Waals surface area (Å²) in [5.74, 6) is 0.465. The second kappa shape index (κ2) is 6.52. The molecule has 3 aliphatic rings. The van der Waals surface area contributed by atoms with Crippen molar-refractivity contribution in [2.75, 3.05) is 26.7 Å². The number of ether oxygens (including phenoxy) is 1. The normalized spacial score (nSPS) is 25.0. The Bertz CT molecular complexity index is 781. The first-order valence-electron chi connectivity index (χ1n) is 8.61. The SMILES string of the molecule is COc1cccc(-c2ccc(C(=O)N[C@H]3CN4CCC3CC4)o2)c1F. The molecule has 5 rings (SSSR count). The number of nitrogens with zero attached hydrogens (tertiary/aromatic N) is 1. The standard InChI is InChI=1S/C19H21FN2O3/c1-24-16-4-2-3-13(18(16)20)15-5-6-17(25-15)19(23)21-14-11-22-9-7-12(14)8-10-22/h2-6,12,14H,7-11H2,1H3,(H,21,23)/t14-/m0/s1. The minimum absolute atomic E-state index is 0.146. The van der Waals surface area contributed by atoms with Crippen LogP contribution in [0.4, 0.5) is 4.39 Å². The number of carbonyl (C=O) groups is 1. The monoisotopic (exact) mass is 344 g/mol. The number of hydrogen-bond donors (Lipinski definition) is 1. The lowest BCUT2D eigenvalue weighted by Crippen LogP contribution is -2.57. The van der Waals surface area contributed by atoms with Crippen molar-refractivity contribution in [1.29, 1.82) is 0 Å². The second-order valence-electron chi connectivity index (χ2n) is 6.70. The van der Waals surface area contributed by atoms with E-state index in [9.17, 15) is 9.18 Å². The summed E-state index contributed by atoms with van der Waals surface area (Å²) in [6.07, 6.45) is 2.26. The summed E-state index contributed by atoms with van der Waals surface area (Å²) < 4.78 is 25.0. The number of furan rings is 1. The van der Waals surface area contributed by atoms with Crippen LogP contribution in [0.15, 0.2) is 34.7 Å². The van der Waals surface area contributed by atoms with Gasteiger partial charge in [-0.15, -0.1) is 0 Å². The maximum Gasteiger partial charge on any atom is 0.287 e. The molecule has 0 spiro atoms. The molecule has 3 saturated heterocycles. The van der Waals surface area contributed by atoms with E-state index in [0.29, 0.717) is 11.7 Å². The van der Waals surface area contributed by atoms with Gasteiger partial charge in [-0.2, -0.15) is 0 Å². The second-order valence-corrected chi connectivity index (χ2v) is 6.70. The van der Waals surface area contributed by atoms with E-state index < -0.39 is 5.82 Å². The third-order valence-corrected chi connectivity index (χ3v) is 5.25. The fourth-order valence-corrected chi connectivity index (χ4v) is 3.83. The Labute approximate surface area is 145 Å². The largest absolute Gasteiger partial charge is 0.494 e. The van der Waals surface area contributed by atoms with Gasteiger partial charge in [0.05, 0.1) is 12.7 Å². The molecule has 0 unspecified atom stereocenters. The predicted molar refractivity (Wildman–Crippen MR) is 91.1 cm³/mol. The molecule has 1 aromatic heterocycles. The molecule has 0 radical (unpaired) electrons. The van der Waals surface area contributed by atoms with Crippen LogP contribution >= 0.6 is 0 Å². The Kier molecular flexibility index (Phi) is 4.21. The van der Waals surface area contributed by atoms with Gasteiger partial charge in [0.25, 0.3) is 5.91 Å². The van der Waals surface area contributed by atoms with E-state index in [0.717, 1.165) is 32.5 Å². The van der Waals surface area contributed by atoms with E-state index in [1.807, 2.05) is 0 Å². The molecule has 3 fully saturated rings.